The average Bonchev–Trinajstić information content (AvgIpc) is 3.41. The van der Waals surface area contributed by atoms with Crippen molar-refractivity contribution in [3.05, 3.63) is 94.2 Å². The number of nitrogens with zero attached hydrogens (tertiary/aromatic N) is 2. The molecule has 1 amide bonds. The Morgan fingerprint density at radius 1 is 1.05 bits per heavy atom. The first kappa shape index (κ1) is 25.4. The van der Waals surface area contributed by atoms with Crippen LogP contribution in [0.4, 0.5) is 0 Å². The molecule has 5 rings (SSSR count). The maximum atomic E-state index is 13.8. The summed E-state index contributed by atoms with van der Waals surface area (Å²) in [5.41, 5.74) is 2.09. The molecule has 1 aromatic heterocycles. The molecule has 1 unspecified atom stereocenters. The maximum Gasteiger partial charge on any atom is 0.243 e. The van der Waals surface area contributed by atoms with Gasteiger partial charge in [-0.25, -0.2) is 8.42 Å². The van der Waals surface area contributed by atoms with Gasteiger partial charge in [0.1, 0.15) is 5.75 Å². The third-order valence-corrected chi connectivity index (χ3v) is 9.70. The zero-order valence-corrected chi connectivity index (χ0v) is 22.6. The van der Waals surface area contributed by atoms with E-state index in [-0.39, 0.29) is 29.9 Å². The molecule has 1 aliphatic rings. The third-order valence-electron chi connectivity index (χ3n) is 6.86. The van der Waals surface area contributed by atoms with Crippen molar-refractivity contribution in [2.75, 3.05) is 26.7 Å². The number of benzene rings is 3. The van der Waals surface area contributed by atoms with Gasteiger partial charge in [0.2, 0.25) is 15.9 Å². The van der Waals surface area contributed by atoms with E-state index in [1.54, 1.807) is 30.6 Å². The molecule has 3 aromatic carbocycles. The topological polar surface area (TPSA) is 66.9 Å². The van der Waals surface area contributed by atoms with Crippen molar-refractivity contribution in [1.82, 2.24) is 9.21 Å². The van der Waals surface area contributed by atoms with Crippen LogP contribution >= 0.6 is 11.3 Å². The Morgan fingerprint density at radius 3 is 2.54 bits per heavy atom. The van der Waals surface area contributed by atoms with Crippen LogP contribution in [0, 0.1) is 0 Å². The van der Waals surface area contributed by atoms with E-state index in [2.05, 4.69) is 11.4 Å². The fourth-order valence-corrected chi connectivity index (χ4v) is 7.40. The fraction of sp³-hybridized carbons (Fsp3) is 0.276. The number of methoxy groups -OCH3 is 1. The zero-order chi connectivity index (χ0) is 26.0. The van der Waals surface area contributed by atoms with E-state index < -0.39 is 10.0 Å². The second-order valence-electron chi connectivity index (χ2n) is 9.16. The van der Waals surface area contributed by atoms with Crippen molar-refractivity contribution < 1.29 is 17.9 Å². The van der Waals surface area contributed by atoms with Gasteiger partial charge >= 0.3 is 0 Å². The van der Waals surface area contributed by atoms with E-state index in [1.165, 1.54) is 9.18 Å². The predicted octanol–water partition coefficient (Wildman–Crippen LogP) is 5.48. The van der Waals surface area contributed by atoms with Gasteiger partial charge in [0.25, 0.3) is 0 Å². The lowest BCUT2D eigenvalue weighted by Gasteiger charge is -2.37. The molecule has 0 saturated heterocycles. The number of carbonyl (C=O) groups is 1. The molecule has 8 heteroatoms. The molecule has 1 aliphatic heterocycles. The van der Waals surface area contributed by atoms with Crippen LogP contribution in [-0.4, -0.2) is 50.3 Å². The second-order valence-corrected chi connectivity index (χ2v) is 12.1. The number of fused-ring (bicyclic) bond motifs is 2. The summed E-state index contributed by atoms with van der Waals surface area (Å²) in [4.78, 5) is 17.1. The molecule has 1 atom stereocenters. The first-order valence-electron chi connectivity index (χ1n) is 12.4. The Hall–Kier alpha value is -3.20. The molecule has 0 aliphatic carbocycles. The Kier molecular flexibility index (Phi) is 7.33. The number of sulfonamides is 1. The molecule has 0 bridgehead atoms. The summed E-state index contributed by atoms with van der Waals surface area (Å²) in [7, 11) is -2.23. The average molecular weight is 535 g/mol. The Labute approximate surface area is 222 Å². The summed E-state index contributed by atoms with van der Waals surface area (Å²) in [5, 5.41) is 3.89. The van der Waals surface area contributed by atoms with Crippen LogP contribution in [-0.2, 0) is 21.2 Å². The molecule has 0 N–H and O–H groups in total. The van der Waals surface area contributed by atoms with Crippen LogP contribution in [0.5, 0.6) is 5.75 Å². The SMILES string of the molecule is CCCN(CC(=O)N1CCc2sccc2C1c1ccc(OC)cc1)S(=O)(=O)c1ccc2ccccc2c1. The van der Waals surface area contributed by atoms with Crippen LogP contribution in [0.3, 0.4) is 0 Å². The number of rotatable bonds is 8. The molecule has 0 radical (unpaired) electrons. The minimum absolute atomic E-state index is 0.199. The molecule has 0 spiro atoms. The van der Waals surface area contributed by atoms with E-state index in [0.29, 0.717) is 13.0 Å². The van der Waals surface area contributed by atoms with Gasteiger partial charge in [0.05, 0.1) is 24.6 Å². The predicted molar refractivity (Wildman–Crippen MR) is 148 cm³/mol. The number of ether oxygens (including phenoxy) is 1. The van der Waals surface area contributed by atoms with Gasteiger partial charge in [-0.2, -0.15) is 4.31 Å². The molecule has 0 saturated carbocycles. The first-order chi connectivity index (χ1) is 17.9. The monoisotopic (exact) mass is 534 g/mol. The lowest BCUT2D eigenvalue weighted by atomic mass is 9.93. The number of thiophene rings is 1. The van der Waals surface area contributed by atoms with Crippen molar-refractivity contribution in [2.45, 2.75) is 30.7 Å². The molecule has 4 aromatic rings. The Morgan fingerprint density at radius 2 is 1.81 bits per heavy atom. The first-order valence-corrected chi connectivity index (χ1v) is 14.7. The number of hydrogen-bond acceptors (Lipinski definition) is 5. The Bertz CT molecular complexity index is 1510. The fourth-order valence-electron chi connectivity index (χ4n) is 4.98. The van der Waals surface area contributed by atoms with Crippen molar-refractivity contribution in [3.8, 4) is 5.75 Å². The van der Waals surface area contributed by atoms with Crippen molar-refractivity contribution >= 4 is 38.0 Å². The van der Waals surface area contributed by atoms with Crippen LogP contribution < -0.4 is 4.74 Å². The summed E-state index contributed by atoms with van der Waals surface area (Å²) >= 11 is 1.70. The van der Waals surface area contributed by atoms with Crippen LogP contribution in [0.25, 0.3) is 10.8 Å². The highest BCUT2D eigenvalue weighted by Crippen LogP contribution is 2.38. The minimum Gasteiger partial charge on any atom is -0.497 e. The zero-order valence-electron chi connectivity index (χ0n) is 21.0. The van der Waals surface area contributed by atoms with Gasteiger partial charge in [0, 0.05) is 18.0 Å². The molecule has 6 nitrogen and oxygen atoms in total. The van der Waals surface area contributed by atoms with E-state index in [9.17, 15) is 13.2 Å². The smallest absolute Gasteiger partial charge is 0.243 e. The van der Waals surface area contributed by atoms with Crippen LogP contribution in [0.1, 0.15) is 35.4 Å². The number of carbonyl (C=O) groups excluding carboxylic acids is 1. The van der Waals surface area contributed by atoms with Crippen molar-refractivity contribution in [2.24, 2.45) is 0 Å². The van der Waals surface area contributed by atoms with Gasteiger partial charge in [0.15, 0.2) is 0 Å². The molecule has 37 heavy (non-hydrogen) atoms. The van der Waals surface area contributed by atoms with E-state index in [0.717, 1.165) is 34.1 Å². The largest absolute Gasteiger partial charge is 0.497 e. The highest BCUT2D eigenvalue weighted by atomic mass is 32.2. The molecule has 0 fully saturated rings. The van der Waals surface area contributed by atoms with Gasteiger partial charge in [-0.1, -0.05) is 49.4 Å². The summed E-state index contributed by atoms with van der Waals surface area (Å²) in [6, 6.07) is 22.4. The van der Waals surface area contributed by atoms with E-state index in [1.807, 2.05) is 66.4 Å². The van der Waals surface area contributed by atoms with Crippen molar-refractivity contribution in [1.29, 1.82) is 0 Å². The van der Waals surface area contributed by atoms with Gasteiger partial charge in [-0.3, -0.25) is 4.79 Å². The third kappa shape index (κ3) is 5.01. The van der Waals surface area contributed by atoms with Crippen LogP contribution in [0.15, 0.2) is 83.1 Å². The minimum atomic E-state index is -3.86. The summed E-state index contributed by atoms with van der Waals surface area (Å²) in [5.74, 6) is 0.550. The highest BCUT2D eigenvalue weighted by molar-refractivity contribution is 7.89. The second kappa shape index (κ2) is 10.7. The maximum absolute atomic E-state index is 13.8. The van der Waals surface area contributed by atoms with Crippen LogP contribution in [0.2, 0.25) is 0 Å². The van der Waals surface area contributed by atoms with Gasteiger partial charge < -0.3 is 9.64 Å². The van der Waals surface area contributed by atoms with Gasteiger partial charge in [-0.05, 0) is 70.5 Å². The summed E-state index contributed by atoms with van der Waals surface area (Å²) in [6.45, 7) is 2.53. The number of hydrogen-bond donors (Lipinski definition) is 0. The normalized spacial score (nSPS) is 15.6. The molecule has 2 heterocycles. The molecular weight excluding hydrogens is 504 g/mol. The molecular formula is C29H30N2O4S2. The number of amides is 1. The van der Waals surface area contributed by atoms with E-state index in [4.69, 9.17) is 4.74 Å². The van der Waals surface area contributed by atoms with Crippen molar-refractivity contribution in [3.63, 3.8) is 0 Å². The lowest BCUT2D eigenvalue weighted by molar-refractivity contribution is -0.133. The molecule has 192 valence electrons. The lowest BCUT2D eigenvalue weighted by Crippen LogP contribution is -2.46. The highest BCUT2D eigenvalue weighted by Gasteiger charge is 2.35. The standard InChI is InChI=1S/C29H30N2O4S2/c1-3-16-30(37(33,34)25-13-10-21-6-4-5-7-23(21)19-25)20-28(32)31-17-14-27-26(15-18-36-27)29(31)22-8-11-24(35-2)12-9-22/h4-13,15,18-19,29H,3,14,16-17,20H2,1-2H3. The van der Waals surface area contributed by atoms with Gasteiger partial charge in [-0.15, -0.1) is 11.3 Å². The Balaban J connectivity index is 1.45. The quantitative estimate of drug-likeness (QED) is 0.300. The van der Waals surface area contributed by atoms with E-state index >= 15 is 0 Å². The summed E-state index contributed by atoms with van der Waals surface area (Å²) in [6.07, 6.45) is 1.37. The summed E-state index contributed by atoms with van der Waals surface area (Å²) < 4.78 is 34.1.